The Bertz CT molecular complexity index is 1180. The van der Waals surface area contributed by atoms with Crippen molar-refractivity contribution in [3.63, 3.8) is 0 Å². The van der Waals surface area contributed by atoms with Crippen LogP contribution in [-0.2, 0) is 26.3 Å². The van der Waals surface area contributed by atoms with E-state index < -0.39 is 17.4 Å². The van der Waals surface area contributed by atoms with Crippen LogP contribution in [0.1, 0.15) is 29.0 Å². The maximum Gasteiger partial charge on any atom is 0.335 e. The third-order valence-corrected chi connectivity index (χ3v) is 6.58. The lowest BCUT2D eigenvalue weighted by Crippen LogP contribution is -2.41. The molecule has 0 N–H and O–H groups in total. The van der Waals surface area contributed by atoms with E-state index in [1.165, 1.54) is 0 Å². The van der Waals surface area contributed by atoms with Gasteiger partial charge in [-0.1, -0.05) is 82.7 Å². The van der Waals surface area contributed by atoms with Gasteiger partial charge < -0.3 is 9.47 Å². The van der Waals surface area contributed by atoms with Crippen LogP contribution in [0.2, 0.25) is 0 Å². The van der Waals surface area contributed by atoms with Gasteiger partial charge in [-0.05, 0) is 35.7 Å². The van der Waals surface area contributed by atoms with E-state index in [4.69, 9.17) is 9.47 Å². The molecule has 2 aliphatic rings. The fourth-order valence-electron chi connectivity index (χ4n) is 4.64. The molecule has 0 bridgehead atoms. The Morgan fingerprint density at radius 3 is 2.48 bits per heavy atom. The molecule has 31 heavy (non-hydrogen) atoms. The number of halogens is 1. The molecule has 1 aliphatic carbocycles. The van der Waals surface area contributed by atoms with Crippen LogP contribution in [0.15, 0.2) is 95.0 Å². The summed E-state index contributed by atoms with van der Waals surface area (Å²) in [7, 11) is 0. The van der Waals surface area contributed by atoms with E-state index in [-0.39, 0.29) is 12.5 Å². The lowest BCUT2D eigenvalue weighted by Gasteiger charge is -2.31. The van der Waals surface area contributed by atoms with Crippen molar-refractivity contribution in [3.8, 4) is 5.75 Å². The van der Waals surface area contributed by atoms with E-state index in [0.29, 0.717) is 23.3 Å². The van der Waals surface area contributed by atoms with Gasteiger partial charge >= 0.3 is 11.9 Å². The molecule has 2 unspecified atom stereocenters. The number of rotatable bonds is 4. The molecule has 0 radical (unpaired) electrons. The van der Waals surface area contributed by atoms with Crippen molar-refractivity contribution in [1.82, 2.24) is 0 Å². The summed E-state index contributed by atoms with van der Waals surface area (Å²) >= 11 is 3.47. The van der Waals surface area contributed by atoms with Crippen LogP contribution in [-0.4, -0.2) is 11.9 Å². The Morgan fingerprint density at radius 1 is 1.00 bits per heavy atom. The molecule has 1 heterocycles. The second-order valence-electron chi connectivity index (χ2n) is 7.71. The fraction of sp³-hybridized carbons (Fsp3) is 0.154. The van der Waals surface area contributed by atoms with Gasteiger partial charge in [0.25, 0.3) is 0 Å². The zero-order valence-corrected chi connectivity index (χ0v) is 18.2. The molecule has 3 aromatic rings. The number of allylic oxidation sites excluding steroid dienone is 1. The highest BCUT2D eigenvalue weighted by Gasteiger charge is 2.61. The van der Waals surface area contributed by atoms with E-state index in [1.807, 2.05) is 78.9 Å². The third-order valence-electron chi connectivity index (χ3n) is 6.05. The highest BCUT2D eigenvalue weighted by Crippen LogP contribution is 2.57. The Labute approximate surface area is 188 Å². The monoisotopic (exact) mass is 474 g/mol. The minimum absolute atomic E-state index is 0.146. The van der Waals surface area contributed by atoms with Crippen molar-refractivity contribution < 1.29 is 19.1 Å². The molecule has 5 rings (SSSR count). The average Bonchev–Trinajstić information content (AvgIpc) is 3.33. The van der Waals surface area contributed by atoms with Crippen LogP contribution >= 0.6 is 15.9 Å². The fourth-order valence-corrected chi connectivity index (χ4v) is 4.91. The van der Waals surface area contributed by atoms with Gasteiger partial charge in [-0.3, -0.25) is 4.79 Å². The molecule has 4 nitrogen and oxygen atoms in total. The Hall–Kier alpha value is -3.18. The van der Waals surface area contributed by atoms with Crippen LogP contribution in [0.25, 0.3) is 0 Å². The Morgan fingerprint density at radius 2 is 1.71 bits per heavy atom. The second-order valence-corrected chi connectivity index (χ2v) is 8.63. The smallest absolute Gasteiger partial charge is 0.335 e. The lowest BCUT2D eigenvalue weighted by atomic mass is 9.67. The molecule has 1 aliphatic heterocycles. The Kier molecular flexibility index (Phi) is 4.98. The first-order chi connectivity index (χ1) is 15.1. The van der Waals surface area contributed by atoms with Gasteiger partial charge in [0.05, 0.1) is 5.57 Å². The predicted octanol–water partition coefficient (Wildman–Crippen LogP) is 5.46. The quantitative estimate of drug-likeness (QED) is 0.371. The van der Waals surface area contributed by atoms with Gasteiger partial charge in [-0.2, -0.15) is 0 Å². The maximum atomic E-state index is 13.4. The molecule has 0 saturated carbocycles. The average molecular weight is 475 g/mol. The summed E-state index contributed by atoms with van der Waals surface area (Å²) in [6.07, 6.45) is 2.38. The maximum absolute atomic E-state index is 13.4. The van der Waals surface area contributed by atoms with Crippen molar-refractivity contribution in [2.24, 2.45) is 0 Å². The van der Waals surface area contributed by atoms with Gasteiger partial charge in [-0.25, -0.2) is 4.79 Å². The highest BCUT2D eigenvalue weighted by atomic mass is 79.9. The van der Waals surface area contributed by atoms with Gasteiger partial charge in [-0.15, -0.1) is 0 Å². The number of carbonyl (C=O) groups is 2. The molecule has 1 spiro atoms. The zero-order chi connectivity index (χ0) is 21.4. The predicted molar refractivity (Wildman–Crippen MR) is 120 cm³/mol. The number of hydrogen-bond donors (Lipinski definition) is 0. The largest absolute Gasteiger partial charge is 0.457 e. The topological polar surface area (TPSA) is 52.6 Å². The number of hydrogen-bond acceptors (Lipinski definition) is 4. The molecule has 0 fully saturated rings. The van der Waals surface area contributed by atoms with Gasteiger partial charge in [0, 0.05) is 16.0 Å². The summed E-state index contributed by atoms with van der Waals surface area (Å²) in [5.74, 6) is -0.673. The minimum atomic E-state index is -1.21. The van der Waals surface area contributed by atoms with Crippen LogP contribution in [0.3, 0.4) is 0 Å². The molecule has 2 atom stereocenters. The summed E-state index contributed by atoms with van der Waals surface area (Å²) in [5.41, 5.74) is 1.72. The van der Waals surface area contributed by atoms with Crippen molar-refractivity contribution >= 4 is 27.9 Å². The second kappa shape index (κ2) is 7.82. The number of benzene rings is 3. The number of carbonyl (C=O) groups excluding carboxylic acids is 2. The molecule has 5 heteroatoms. The highest BCUT2D eigenvalue weighted by molar-refractivity contribution is 9.10. The van der Waals surface area contributed by atoms with E-state index in [0.717, 1.165) is 15.6 Å². The molecule has 154 valence electrons. The van der Waals surface area contributed by atoms with Crippen LogP contribution in [0.5, 0.6) is 5.75 Å². The van der Waals surface area contributed by atoms with Crippen molar-refractivity contribution in [2.45, 2.75) is 24.4 Å². The van der Waals surface area contributed by atoms with Crippen LogP contribution < -0.4 is 4.74 Å². The van der Waals surface area contributed by atoms with E-state index in [9.17, 15) is 9.59 Å². The van der Waals surface area contributed by atoms with Crippen LogP contribution in [0.4, 0.5) is 0 Å². The normalized spacial score (nSPS) is 21.5. The van der Waals surface area contributed by atoms with E-state index >= 15 is 0 Å². The summed E-state index contributed by atoms with van der Waals surface area (Å²) in [6, 6.07) is 24.7. The van der Waals surface area contributed by atoms with Gasteiger partial charge in [0.2, 0.25) is 0 Å². The number of fused-ring (bicyclic) bond motifs is 2. The molecule has 3 aromatic carbocycles. The summed E-state index contributed by atoms with van der Waals surface area (Å²) < 4.78 is 12.3. The molecular weight excluding hydrogens is 456 g/mol. The van der Waals surface area contributed by atoms with E-state index in [2.05, 4.69) is 15.9 Å². The van der Waals surface area contributed by atoms with Gasteiger partial charge in [0.15, 0.2) is 0 Å². The number of para-hydroxylation sites is 1. The van der Waals surface area contributed by atoms with Crippen molar-refractivity contribution in [1.29, 1.82) is 0 Å². The minimum Gasteiger partial charge on any atom is -0.457 e. The van der Waals surface area contributed by atoms with Crippen molar-refractivity contribution in [3.05, 3.63) is 112 Å². The molecule has 0 aromatic heterocycles. The number of esters is 2. The first-order valence-corrected chi connectivity index (χ1v) is 10.9. The first-order valence-electron chi connectivity index (χ1n) is 10.1. The van der Waals surface area contributed by atoms with Crippen LogP contribution in [0, 0.1) is 0 Å². The standard InChI is InChI=1S/C26H19BrO4/c27-19-12-10-18(11-13-19)20-14-15-22(24(28)30-16-17-6-2-1-3-7-17)26(20)21-8-4-5-9-23(21)31-25(26)29/h1-13,15,20H,14,16H2. The van der Waals surface area contributed by atoms with E-state index in [1.54, 1.807) is 6.07 Å². The SMILES string of the molecule is O=C(OCc1ccccc1)C1=CCC(c2ccc(Br)cc2)C12C(=O)Oc1ccccc12. The summed E-state index contributed by atoms with van der Waals surface area (Å²) in [5, 5.41) is 0. The summed E-state index contributed by atoms with van der Waals surface area (Å²) in [6.45, 7) is 0.146. The zero-order valence-electron chi connectivity index (χ0n) is 16.6. The third kappa shape index (κ3) is 3.20. The molecular formula is C26H19BrO4. The molecule has 0 amide bonds. The Balaban J connectivity index is 1.56. The van der Waals surface area contributed by atoms with Crippen molar-refractivity contribution in [2.75, 3.05) is 0 Å². The first kappa shape index (κ1) is 19.8. The number of ether oxygens (including phenoxy) is 2. The van der Waals surface area contributed by atoms with Gasteiger partial charge in [0.1, 0.15) is 17.8 Å². The summed E-state index contributed by atoms with van der Waals surface area (Å²) in [4.78, 5) is 26.7. The molecule has 0 saturated heterocycles. The lowest BCUT2D eigenvalue weighted by molar-refractivity contribution is -0.145.